The van der Waals surface area contributed by atoms with E-state index < -0.39 is 23.1 Å². The van der Waals surface area contributed by atoms with Crippen LogP contribution in [0.15, 0.2) is 50.4 Å². The molecule has 0 spiro atoms. The number of benzene rings is 1. The van der Waals surface area contributed by atoms with Gasteiger partial charge < -0.3 is 15.4 Å². The van der Waals surface area contributed by atoms with E-state index in [4.69, 9.17) is 15.4 Å². The Balaban J connectivity index is 2.43. The smallest absolute Gasteiger partial charge is 0.417 e. The number of nitrogens with two attached hydrogens (primary N) is 1. The molecule has 0 aliphatic carbocycles. The van der Waals surface area contributed by atoms with Crippen LogP contribution in [0.2, 0.25) is 0 Å². The number of amidine groups is 1. The summed E-state index contributed by atoms with van der Waals surface area (Å²) >= 11 is 0.932. The van der Waals surface area contributed by atoms with Gasteiger partial charge in [0, 0.05) is 10.5 Å². The third kappa shape index (κ3) is 3.05. The Bertz CT molecular complexity index is 626. The fourth-order valence-electron chi connectivity index (χ4n) is 1.46. The van der Waals surface area contributed by atoms with E-state index >= 15 is 0 Å². The predicted molar refractivity (Wildman–Crippen MR) is 64.6 cm³/mol. The number of rotatable bonds is 3. The van der Waals surface area contributed by atoms with Crippen LogP contribution in [0.5, 0.6) is 0 Å². The third-order valence-electron chi connectivity index (χ3n) is 2.29. The Labute approximate surface area is 115 Å². The number of oxazole rings is 1. The quantitative estimate of drug-likeness (QED) is 0.394. The highest BCUT2D eigenvalue weighted by Crippen LogP contribution is 2.36. The topological polar surface area (TPSA) is 84.6 Å². The van der Waals surface area contributed by atoms with Crippen molar-refractivity contribution in [3.05, 3.63) is 41.8 Å². The number of hydrogen-bond donors (Lipinski definition) is 2. The van der Waals surface area contributed by atoms with E-state index in [0.717, 1.165) is 23.9 Å². The van der Waals surface area contributed by atoms with Crippen LogP contribution in [0.25, 0.3) is 0 Å². The summed E-state index contributed by atoms with van der Waals surface area (Å²) in [5, 5.41) is 11.3. The van der Waals surface area contributed by atoms with Gasteiger partial charge in [-0.05, 0) is 30.0 Å². The first kappa shape index (κ1) is 14.3. The Morgan fingerprint density at radius 1 is 1.40 bits per heavy atom. The molecule has 2 rings (SSSR count). The van der Waals surface area contributed by atoms with Gasteiger partial charge in [-0.2, -0.15) is 13.2 Å². The molecule has 106 valence electrons. The molecule has 0 bridgehead atoms. The summed E-state index contributed by atoms with van der Waals surface area (Å²) in [5.41, 5.74) is 3.85. The van der Waals surface area contributed by atoms with E-state index in [1.165, 1.54) is 18.5 Å². The normalized spacial score (nSPS) is 12.7. The zero-order valence-corrected chi connectivity index (χ0v) is 10.6. The van der Waals surface area contributed by atoms with E-state index in [1.807, 2.05) is 0 Å². The highest BCUT2D eigenvalue weighted by Gasteiger charge is 2.34. The number of oxime groups is 1. The van der Waals surface area contributed by atoms with Crippen LogP contribution in [-0.4, -0.2) is 16.0 Å². The SMILES string of the molecule is N/C(=N/O)c1ccc(Sc2ncco2)cc1C(F)(F)F. The monoisotopic (exact) mass is 303 g/mol. The fraction of sp³-hybridized carbons (Fsp3) is 0.0909. The van der Waals surface area contributed by atoms with Crippen LogP contribution >= 0.6 is 11.8 Å². The Kier molecular flexibility index (Phi) is 3.89. The lowest BCUT2D eigenvalue weighted by Gasteiger charge is -2.12. The molecule has 0 saturated heterocycles. The van der Waals surface area contributed by atoms with Gasteiger partial charge in [0.1, 0.15) is 6.26 Å². The van der Waals surface area contributed by atoms with Crippen molar-refractivity contribution in [1.82, 2.24) is 4.98 Å². The molecule has 1 aromatic heterocycles. The van der Waals surface area contributed by atoms with Gasteiger partial charge in [0.15, 0.2) is 5.84 Å². The molecule has 2 aromatic rings. The predicted octanol–water partition coefficient (Wildman–Crippen LogP) is 2.94. The summed E-state index contributed by atoms with van der Waals surface area (Å²) in [5.74, 6) is -0.606. The Morgan fingerprint density at radius 2 is 2.15 bits per heavy atom. The Morgan fingerprint density at radius 3 is 2.70 bits per heavy atom. The van der Waals surface area contributed by atoms with Crippen LogP contribution in [0.4, 0.5) is 13.2 Å². The second-order valence-corrected chi connectivity index (χ2v) is 4.62. The van der Waals surface area contributed by atoms with Crippen LogP contribution in [-0.2, 0) is 6.18 Å². The molecule has 0 aliphatic rings. The molecule has 0 unspecified atom stereocenters. The van der Waals surface area contributed by atoms with Gasteiger partial charge in [-0.3, -0.25) is 0 Å². The van der Waals surface area contributed by atoms with Gasteiger partial charge in [0.05, 0.1) is 11.8 Å². The molecule has 0 amide bonds. The van der Waals surface area contributed by atoms with Crippen LogP contribution < -0.4 is 5.73 Å². The molecule has 3 N–H and O–H groups in total. The van der Waals surface area contributed by atoms with Crippen molar-refractivity contribution in [2.75, 3.05) is 0 Å². The van der Waals surface area contributed by atoms with Crippen molar-refractivity contribution in [3.63, 3.8) is 0 Å². The molecular formula is C11H8F3N3O2S. The number of hydrogen-bond acceptors (Lipinski definition) is 5. The largest absolute Gasteiger partial charge is 0.440 e. The molecule has 5 nitrogen and oxygen atoms in total. The highest BCUT2D eigenvalue weighted by atomic mass is 32.2. The maximum Gasteiger partial charge on any atom is 0.417 e. The molecule has 9 heteroatoms. The van der Waals surface area contributed by atoms with E-state index in [-0.39, 0.29) is 10.1 Å². The Hall–Kier alpha value is -2.16. The first-order valence-electron chi connectivity index (χ1n) is 5.18. The van der Waals surface area contributed by atoms with Gasteiger partial charge in [-0.1, -0.05) is 5.16 Å². The number of halogens is 3. The second-order valence-electron chi connectivity index (χ2n) is 3.59. The van der Waals surface area contributed by atoms with Crippen molar-refractivity contribution in [3.8, 4) is 0 Å². The van der Waals surface area contributed by atoms with Crippen molar-refractivity contribution < 1.29 is 22.8 Å². The van der Waals surface area contributed by atoms with Crippen LogP contribution in [0, 0.1) is 0 Å². The fourth-order valence-corrected chi connectivity index (χ4v) is 2.19. The van der Waals surface area contributed by atoms with E-state index in [2.05, 4.69) is 10.1 Å². The van der Waals surface area contributed by atoms with Gasteiger partial charge in [0.25, 0.3) is 5.22 Å². The molecule has 20 heavy (non-hydrogen) atoms. The first-order valence-corrected chi connectivity index (χ1v) is 6.00. The van der Waals surface area contributed by atoms with Crippen molar-refractivity contribution >= 4 is 17.6 Å². The zero-order valence-electron chi connectivity index (χ0n) is 9.76. The van der Waals surface area contributed by atoms with Crippen LogP contribution in [0.1, 0.15) is 11.1 Å². The molecule has 0 fully saturated rings. The van der Waals surface area contributed by atoms with E-state index in [9.17, 15) is 13.2 Å². The van der Waals surface area contributed by atoms with E-state index in [1.54, 1.807) is 0 Å². The maximum absolute atomic E-state index is 13.0. The molecule has 0 saturated carbocycles. The lowest BCUT2D eigenvalue weighted by molar-refractivity contribution is -0.137. The molecule has 0 radical (unpaired) electrons. The molecule has 1 heterocycles. The lowest BCUT2D eigenvalue weighted by atomic mass is 10.1. The number of aromatic nitrogens is 1. The maximum atomic E-state index is 13.0. The van der Waals surface area contributed by atoms with E-state index in [0.29, 0.717) is 0 Å². The van der Waals surface area contributed by atoms with Gasteiger partial charge >= 0.3 is 6.18 Å². The summed E-state index contributed by atoms with van der Waals surface area (Å²) < 4.78 is 43.8. The van der Waals surface area contributed by atoms with Gasteiger partial charge in [-0.25, -0.2) is 4.98 Å². The molecule has 1 aromatic carbocycles. The highest BCUT2D eigenvalue weighted by molar-refractivity contribution is 7.99. The molecule has 0 aliphatic heterocycles. The minimum Gasteiger partial charge on any atom is -0.440 e. The number of alkyl halides is 3. The summed E-state index contributed by atoms with van der Waals surface area (Å²) in [6.07, 6.45) is -1.92. The van der Waals surface area contributed by atoms with Gasteiger partial charge in [-0.15, -0.1) is 0 Å². The van der Waals surface area contributed by atoms with Crippen molar-refractivity contribution in [1.29, 1.82) is 0 Å². The van der Waals surface area contributed by atoms with Gasteiger partial charge in [0.2, 0.25) is 0 Å². The van der Waals surface area contributed by atoms with Crippen molar-refractivity contribution in [2.45, 2.75) is 16.3 Å². The first-order chi connectivity index (χ1) is 9.41. The number of nitrogens with zero attached hydrogens (tertiary/aromatic N) is 2. The molecule has 0 atom stereocenters. The minimum atomic E-state index is -4.63. The third-order valence-corrected chi connectivity index (χ3v) is 3.16. The average molecular weight is 303 g/mol. The zero-order chi connectivity index (χ0) is 14.8. The minimum absolute atomic E-state index is 0.217. The standard InChI is InChI=1S/C11H8F3N3O2S/c12-11(13,14)8-5-6(20-10-16-3-4-19-10)1-2-7(8)9(15)17-18/h1-5,18H,(H2,15,17). The summed E-state index contributed by atoms with van der Waals surface area (Å²) in [7, 11) is 0. The lowest BCUT2D eigenvalue weighted by Crippen LogP contribution is -2.20. The molecular weight excluding hydrogens is 295 g/mol. The van der Waals surface area contributed by atoms with Crippen LogP contribution in [0.3, 0.4) is 0 Å². The summed E-state index contributed by atoms with van der Waals surface area (Å²) in [6.45, 7) is 0. The second kappa shape index (κ2) is 5.45. The summed E-state index contributed by atoms with van der Waals surface area (Å²) in [4.78, 5) is 4.08. The summed E-state index contributed by atoms with van der Waals surface area (Å²) in [6, 6.07) is 3.42. The van der Waals surface area contributed by atoms with Crippen molar-refractivity contribution in [2.24, 2.45) is 10.9 Å². The average Bonchev–Trinajstić information content (AvgIpc) is 2.89.